The van der Waals surface area contributed by atoms with Crippen molar-refractivity contribution in [3.05, 3.63) is 23.8 Å². The monoisotopic (exact) mass is 477 g/mol. The number of ether oxygens (including phenoxy) is 5. The van der Waals surface area contributed by atoms with E-state index in [1.807, 2.05) is 0 Å². The summed E-state index contributed by atoms with van der Waals surface area (Å²) in [5.41, 5.74) is 0.468. The summed E-state index contributed by atoms with van der Waals surface area (Å²) in [5.74, 6) is -1.84. The zero-order chi connectivity index (χ0) is 23.4. The lowest BCUT2D eigenvalue weighted by Crippen LogP contribution is -2.42. The normalized spacial score (nSPS) is 11.9. The Morgan fingerprint density at radius 3 is 2.06 bits per heavy atom. The quantitative estimate of drug-likeness (QED) is 0.275. The number of esters is 1. The minimum Gasteiger partial charge on any atom is -0.480 e. The predicted molar refractivity (Wildman–Crippen MR) is 113 cm³/mol. The second-order valence-corrected chi connectivity index (χ2v) is 6.27. The third-order valence-corrected chi connectivity index (χ3v) is 3.68. The fourth-order valence-corrected chi connectivity index (χ4v) is 2.43. The number of hydrogen-bond acceptors (Lipinski definition) is 10. The van der Waals surface area contributed by atoms with Gasteiger partial charge < -0.3 is 34.1 Å². The SMILES string of the molecule is CCOC(=O)Oc1ccc(C[C@H](NCC(C)OC(C)=O)C(=O)O)cc1OC(=O)OCC.Cl. The molecule has 1 unspecified atom stereocenters. The van der Waals surface area contributed by atoms with Crippen LogP contribution < -0.4 is 14.8 Å². The molecule has 0 aliphatic rings. The van der Waals surface area contributed by atoms with Crippen LogP contribution in [0.2, 0.25) is 0 Å². The first kappa shape index (κ1) is 28.9. The molecule has 0 saturated heterocycles. The van der Waals surface area contributed by atoms with Crippen LogP contribution in [-0.2, 0) is 30.2 Å². The van der Waals surface area contributed by atoms with Crippen molar-refractivity contribution in [2.24, 2.45) is 0 Å². The van der Waals surface area contributed by atoms with Gasteiger partial charge in [0.1, 0.15) is 12.1 Å². The minimum absolute atomic E-state index is 0. The summed E-state index contributed by atoms with van der Waals surface area (Å²) in [6.45, 7) is 6.35. The molecule has 0 fully saturated rings. The van der Waals surface area contributed by atoms with Crippen molar-refractivity contribution in [1.82, 2.24) is 5.32 Å². The van der Waals surface area contributed by atoms with Crippen molar-refractivity contribution in [2.75, 3.05) is 19.8 Å². The van der Waals surface area contributed by atoms with Crippen LogP contribution in [0.4, 0.5) is 9.59 Å². The van der Waals surface area contributed by atoms with E-state index in [1.165, 1.54) is 25.1 Å². The van der Waals surface area contributed by atoms with Gasteiger partial charge in [-0.1, -0.05) is 6.07 Å². The molecule has 1 rings (SSSR count). The highest BCUT2D eigenvalue weighted by molar-refractivity contribution is 5.85. The van der Waals surface area contributed by atoms with Crippen LogP contribution in [0.3, 0.4) is 0 Å². The van der Waals surface area contributed by atoms with Crippen LogP contribution in [0.1, 0.15) is 33.3 Å². The van der Waals surface area contributed by atoms with Crippen LogP contribution in [0.25, 0.3) is 0 Å². The van der Waals surface area contributed by atoms with Gasteiger partial charge >= 0.3 is 24.2 Å². The van der Waals surface area contributed by atoms with E-state index in [9.17, 15) is 24.3 Å². The summed E-state index contributed by atoms with van der Waals surface area (Å²) in [6.07, 6.45) is -2.53. The minimum atomic E-state index is -1.13. The molecule has 12 heteroatoms. The van der Waals surface area contributed by atoms with Gasteiger partial charge in [0.25, 0.3) is 0 Å². The van der Waals surface area contributed by atoms with Gasteiger partial charge in [0.15, 0.2) is 11.5 Å². The van der Waals surface area contributed by atoms with E-state index < -0.39 is 36.4 Å². The zero-order valence-electron chi connectivity index (χ0n) is 18.2. The maximum Gasteiger partial charge on any atom is 0.513 e. The van der Waals surface area contributed by atoms with Crippen molar-refractivity contribution >= 4 is 36.7 Å². The van der Waals surface area contributed by atoms with Gasteiger partial charge in [-0.3, -0.25) is 9.59 Å². The number of carbonyl (C=O) groups excluding carboxylic acids is 3. The van der Waals surface area contributed by atoms with Gasteiger partial charge in [-0.25, -0.2) is 9.59 Å². The Labute approximate surface area is 191 Å². The van der Waals surface area contributed by atoms with Gasteiger partial charge in [0.05, 0.1) is 13.2 Å². The predicted octanol–water partition coefficient (Wildman–Crippen LogP) is 2.72. The fraction of sp³-hybridized carbons (Fsp3) is 0.500. The lowest BCUT2D eigenvalue weighted by molar-refractivity contribution is -0.145. The molecule has 0 saturated carbocycles. The number of hydrogen-bond donors (Lipinski definition) is 2. The number of carbonyl (C=O) groups is 4. The molecule has 0 aliphatic carbocycles. The number of carboxylic acids is 1. The summed E-state index contributed by atoms with van der Waals surface area (Å²) in [6, 6.07) is 3.20. The molecule has 1 aromatic rings. The molecule has 0 bridgehead atoms. The van der Waals surface area contributed by atoms with Crippen molar-refractivity contribution in [1.29, 1.82) is 0 Å². The van der Waals surface area contributed by atoms with Crippen molar-refractivity contribution in [3.8, 4) is 11.5 Å². The first-order valence-corrected chi connectivity index (χ1v) is 9.61. The van der Waals surface area contributed by atoms with E-state index in [2.05, 4.69) is 5.32 Å². The highest BCUT2D eigenvalue weighted by atomic mass is 35.5. The standard InChI is InChI=1S/C20H27NO10.ClH/c1-5-27-19(25)30-16-8-7-14(10-17(16)31-20(26)28-6-2)9-15(18(23)24)21-11-12(3)29-13(4)22;/h7-8,10,12,15,21H,5-6,9,11H2,1-4H3,(H,23,24);1H/t12?,15-;/m0./s1. The summed E-state index contributed by atoms with van der Waals surface area (Å²) < 4.78 is 24.5. The third-order valence-electron chi connectivity index (χ3n) is 3.68. The number of rotatable bonds is 11. The largest absolute Gasteiger partial charge is 0.513 e. The second-order valence-electron chi connectivity index (χ2n) is 6.27. The molecular formula is C20H28ClNO10. The van der Waals surface area contributed by atoms with Gasteiger partial charge in [-0.15, -0.1) is 12.4 Å². The Morgan fingerprint density at radius 2 is 1.56 bits per heavy atom. The third kappa shape index (κ3) is 10.8. The van der Waals surface area contributed by atoms with Gasteiger partial charge in [0, 0.05) is 13.5 Å². The highest BCUT2D eigenvalue weighted by Gasteiger charge is 2.22. The van der Waals surface area contributed by atoms with Crippen LogP contribution in [0.5, 0.6) is 11.5 Å². The topological polar surface area (TPSA) is 147 Å². The van der Waals surface area contributed by atoms with E-state index in [-0.39, 0.29) is 50.1 Å². The van der Waals surface area contributed by atoms with E-state index in [0.717, 1.165) is 0 Å². The maximum atomic E-state index is 11.7. The van der Waals surface area contributed by atoms with Gasteiger partial charge in [-0.05, 0) is 44.9 Å². The lowest BCUT2D eigenvalue weighted by Gasteiger charge is -2.19. The number of halogens is 1. The average molecular weight is 478 g/mol. The Morgan fingerprint density at radius 1 is 1.00 bits per heavy atom. The maximum absolute atomic E-state index is 11.7. The van der Waals surface area contributed by atoms with E-state index in [4.69, 9.17) is 23.7 Å². The molecule has 0 aliphatic heterocycles. The Hall–Kier alpha value is -3.05. The van der Waals surface area contributed by atoms with Crippen LogP contribution in [0.15, 0.2) is 18.2 Å². The first-order valence-electron chi connectivity index (χ1n) is 9.61. The lowest BCUT2D eigenvalue weighted by atomic mass is 10.0. The highest BCUT2D eigenvalue weighted by Crippen LogP contribution is 2.30. The Bertz CT molecular complexity index is 786. The van der Waals surface area contributed by atoms with E-state index >= 15 is 0 Å². The molecular weight excluding hydrogens is 450 g/mol. The molecule has 0 amide bonds. The van der Waals surface area contributed by atoms with E-state index in [1.54, 1.807) is 20.8 Å². The smallest absolute Gasteiger partial charge is 0.480 e. The van der Waals surface area contributed by atoms with Crippen LogP contribution >= 0.6 is 12.4 Å². The number of benzene rings is 1. The molecule has 1 aromatic carbocycles. The van der Waals surface area contributed by atoms with E-state index in [0.29, 0.717) is 5.56 Å². The molecule has 0 aromatic heterocycles. The molecule has 180 valence electrons. The molecule has 0 spiro atoms. The summed E-state index contributed by atoms with van der Waals surface area (Å²) in [7, 11) is 0. The first-order chi connectivity index (χ1) is 14.7. The van der Waals surface area contributed by atoms with Crippen molar-refractivity contribution < 1.29 is 48.0 Å². The zero-order valence-corrected chi connectivity index (χ0v) is 19.1. The van der Waals surface area contributed by atoms with Crippen LogP contribution in [-0.4, -0.2) is 61.3 Å². The van der Waals surface area contributed by atoms with Crippen molar-refractivity contribution in [3.63, 3.8) is 0 Å². The molecule has 11 nitrogen and oxygen atoms in total. The molecule has 0 radical (unpaired) electrons. The van der Waals surface area contributed by atoms with Crippen molar-refractivity contribution in [2.45, 2.75) is 46.3 Å². The Balaban J connectivity index is 0.00000961. The number of nitrogens with one attached hydrogen (secondary N) is 1. The van der Waals surface area contributed by atoms with Gasteiger partial charge in [-0.2, -0.15) is 0 Å². The number of aliphatic carboxylic acids is 1. The fourth-order valence-electron chi connectivity index (χ4n) is 2.43. The summed E-state index contributed by atoms with van der Waals surface area (Å²) in [4.78, 5) is 45.9. The Kier molecular flexibility index (Phi) is 13.5. The molecule has 2 N–H and O–H groups in total. The summed E-state index contributed by atoms with van der Waals surface area (Å²) >= 11 is 0. The summed E-state index contributed by atoms with van der Waals surface area (Å²) in [5, 5.41) is 12.3. The number of carboxylic acid groups (broad SMARTS) is 1. The second kappa shape index (κ2) is 14.9. The van der Waals surface area contributed by atoms with Crippen LogP contribution in [0, 0.1) is 0 Å². The molecule has 32 heavy (non-hydrogen) atoms. The average Bonchev–Trinajstić information content (AvgIpc) is 2.66. The van der Waals surface area contributed by atoms with Gasteiger partial charge in [0.2, 0.25) is 0 Å². The molecule has 2 atom stereocenters. The molecule has 0 heterocycles.